The molecule has 0 unspecified atom stereocenters. The highest BCUT2D eigenvalue weighted by Crippen LogP contribution is 2.34. The first-order chi connectivity index (χ1) is 11.1. The van der Waals surface area contributed by atoms with Crippen LogP contribution >= 0.6 is 0 Å². The second-order valence-corrected chi connectivity index (χ2v) is 7.63. The van der Waals surface area contributed by atoms with E-state index in [9.17, 15) is 8.42 Å². The minimum Gasteiger partial charge on any atom is -0.468 e. The summed E-state index contributed by atoms with van der Waals surface area (Å²) in [6, 6.07) is 12.2. The summed E-state index contributed by atoms with van der Waals surface area (Å²) in [5, 5.41) is 8.95. The van der Waals surface area contributed by atoms with Crippen molar-refractivity contribution in [3.63, 3.8) is 0 Å². The van der Waals surface area contributed by atoms with E-state index in [1.165, 1.54) is 0 Å². The predicted molar refractivity (Wildman–Crippen MR) is 85.8 cm³/mol. The Bertz CT molecular complexity index is 807. The van der Waals surface area contributed by atoms with Gasteiger partial charge in [0.1, 0.15) is 5.76 Å². The van der Waals surface area contributed by atoms with Crippen LogP contribution in [0.3, 0.4) is 0 Å². The molecule has 6 heteroatoms. The van der Waals surface area contributed by atoms with Crippen molar-refractivity contribution in [3.8, 4) is 6.07 Å². The van der Waals surface area contributed by atoms with Gasteiger partial charge >= 0.3 is 0 Å². The summed E-state index contributed by atoms with van der Waals surface area (Å²) in [5.41, 5.74) is 1.10. The molecule has 120 valence electrons. The summed E-state index contributed by atoms with van der Waals surface area (Å²) < 4.78 is 32.7. The van der Waals surface area contributed by atoms with Crippen molar-refractivity contribution in [2.24, 2.45) is 0 Å². The number of hydrogen-bond donors (Lipinski definition) is 0. The molecule has 0 bridgehead atoms. The van der Waals surface area contributed by atoms with Crippen molar-refractivity contribution in [2.75, 3.05) is 6.54 Å². The number of hydrogen-bond acceptors (Lipinski definition) is 4. The van der Waals surface area contributed by atoms with Gasteiger partial charge in [-0.3, -0.25) is 0 Å². The van der Waals surface area contributed by atoms with Gasteiger partial charge in [-0.1, -0.05) is 18.6 Å². The van der Waals surface area contributed by atoms with Gasteiger partial charge in [0.05, 0.1) is 29.7 Å². The largest absolute Gasteiger partial charge is 0.468 e. The fourth-order valence-electron chi connectivity index (χ4n) is 3.03. The van der Waals surface area contributed by atoms with Crippen LogP contribution in [0.1, 0.15) is 42.2 Å². The summed E-state index contributed by atoms with van der Waals surface area (Å²) in [6.07, 6.45) is 4.19. The summed E-state index contributed by atoms with van der Waals surface area (Å²) >= 11 is 0. The van der Waals surface area contributed by atoms with Gasteiger partial charge < -0.3 is 4.42 Å². The smallest absolute Gasteiger partial charge is 0.218 e. The van der Waals surface area contributed by atoms with Crippen LogP contribution < -0.4 is 0 Å². The van der Waals surface area contributed by atoms with Gasteiger partial charge in [0.25, 0.3) is 0 Å². The molecule has 2 aromatic rings. The first-order valence-electron chi connectivity index (χ1n) is 7.62. The van der Waals surface area contributed by atoms with E-state index in [-0.39, 0.29) is 11.8 Å². The van der Waals surface area contributed by atoms with Gasteiger partial charge in [0.15, 0.2) is 0 Å². The van der Waals surface area contributed by atoms with Gasteiger partial charge in [0, 0.05) is 6.54 Å². The third-order valence-corrected chi connectivity index (χ3v) is 5.94. The molecule has 0 aliphatic carbocycles. The minimum absolute atomic E-state index is 0.0975. The van der Waals surface area contributed by atoms with Crippen molar-refractivity contribution in [2.45, 2.75) is 31.1 Å². The highest BCUT2D eigenvalue weighted by atomic mass is 32.2. The van der Waals surface area contributed by atoms with Crippen LogP contribution in [0.25, 0.3) is 0 Å². The lowest BCUT2D eigenvalue weighted by molar-refractivity contribution is 0.225. The molecule has 1 fully saturated rings. The van der Waals surface area contributed by atoms with Crippen LogP contribution in [-0.4, -0.2) is 19.3 Å². The molecule has 0 amide bonds. The highest BCUT2D eigenvalue weighted by Gasteiger charge is 2.34. The molecule has 23 heavy (non-hydrogen) atoms. The highest BCUT2D eigenvalue weighted by molar-refractivity contribution is 7.88. The number of piperidine rings is 1. The molecule has 0 spiro atoms. The third kappa shape index (κ3) is 3.46. The number of sulfonamides is 1. The summed E-state index contributed by atoms with van der Waals surface area (Å²) in [4.78, 5) is 0. The van der Waals surface area contributed by atoms with Crippen molar-refractivity contribution in [1.29, 1.82) is 5.26 Å². The van der Waals surface area contributed by atoms with Crippen LogP contribution in [0, 0.1) is 11.3 Å². The number of benzene rings is 1. The van der Waals surface area contributed by atoms with E-state index in [0.29, 0.717) is 23.4 Å². The Balaban J connectivity index is 1.86. The molecule has 0 radical (unpaired) electrons. The second-order valence-electron chi connectivity index (χ2n) is 5.71. The van der Waals surface area contributed by atoms with E-state index in [1.807, 2.05) is 12.1 Å². The lowest BCUT2D eigenvalue weighted by Gasteiger charge is -2.33. The van der Waals surface area contributed by atoms with E-state index >= 15 is 0 Å². The lowest BCUT2D eigenvalue weighted by Crippen LogP contribution is -2.39. The van der Waals surface area contributed by atoms with Crippen LogP contribution in [0.15, 0.2) is 47.1 Å². The maximum atomic E-state index is 12.9. The molecular formula is C17H18N2O3S. The fraction of sp³-hybridized carbons (Fsp3) is 0.353. The number of nitriles is 1. The first-order valence-corrected chi connectivity index (χ1v) is 9.23. The third-order valence-electron chi connectivity index (χ3n) is 4.09. The molecule has 1 saturated heterocycles. The van der Waals surface area contributed by atoms with Gasteiger partial charge in [-0.05, 0) is 42.7 Å². The Morgan fingerprint density at radius 2 is 2.13 bits per heavy atom. The Labute approximate surface area is 136 Å². The number of nitrogens with zero attached hydrogens (tertiary/aromatic N) is 2. The van der Waals surface area contributed by atoms with Crippen molar-refractivity contribution in [1.82, 2.24) is 4.31 Å². The van der Waals surface area contributed by atoms with E-state index in [4.69, 9.17) is 9.68 Å². The van der Waals surface area contributed by atoms with E-state index in [1.54, 1.807) is 40.9 Å². The van der Waals surface area contributed by atoms with E-state index in [0.717, 1.165) is 19.3 Å². The molecule has 1 atom stereocenters. The summed E-state index contributed by atoms with van der Waals surface area (Å²) in [5.74, 6) is 0.596. The molecule has 1 aromatic heterocycles. The topological polar surface area (TPSA) is 74.3 Å². The Morgan fingerprint density at radius 1 is 1.26 bits per heavy atom. The normalized spacial score (nSPS) is 19.3. The zero-order chi connectivity index (χ0) is 16.3. The van der Waals surface area contributed by atoms with E-state index < -0.39 is 10.0 Å². The zero-order valence-corrected chi connectivity index (χ0v) is 13.5. The summed E-state index contributed by atoms with van der Waals surface area (Å²) in [6.45, 7) is 0.506. The van der Waals surface area contributed by atoms with Crippen LogP contribution in [0.4, 0.5) is 0 Å². The van der Waals surface area contributed by atoms with Crippen LogP contribution in [0.5, 0.6) is 0 Å². The Kier molecular flexibility index (Phi) is 4.51. The average molecular weight is 330 g/mol. The van der Waals surface area contributed by atoms with Gasteiger partial charge in [-0.25, -0.2) is 8.42 Å². The summed E-state index contributed by atoms with van der Waals surface area (Å²) in [7, 11) is -3.47. The maximum absolute atomic E-state index is 12.9. The lowest BCUT2D eigenvalue weighted by atomic mass is 10.0. The monoisotopic (exact) mass is 330 g/mol. The first kappa shape index (κ1) is 15.8. The number of rotatable bonds is 4. The zero-order valence-electron chi connectivity index (χ0n) is 12.7. The van der Waals surface area contributed by atoms with Crippen molar-refractivity contribution >= 4 is 10.0 Å². The molecule has 1 aliphatic heterocycles. The quantitative estimate of drug-likeness (QED) is 0.863. The van der Waals surface area contributed by atoms with E-state index in [2.05, 4.69) is 0 Å². The molecule has 5 nitrogen and oxygen atoms in total. The molecule has 1 aliphatic rings. The SMILES string of the molecule is N#Cc1cccc(CS(=O)(=O)N2CCCC[C@H]2c2ccco2)c1. The van der Waals surface area contributed by atoms with Crippen LogP contribution in [-0.2, 0) is 15.8 Å². The minimum atomic E-state index is -3.47. The van der Waals surface area contributed by atoms with Crippen LogP contribution in [0.2, 0.25) is 0 Å². The fourth-order valence-corrected chi connectivity index (χ4v) is 4.80. The van der Waals surface area contributed by atoms with Gasteiger partial charge in [0.2, 0.25) is 10.0 Å². The predicted octanol–water partition coefficient (Wildman–Crippen LogP) is 3.21. The molecule has 1 aromatic carbocycles. The molecule has 2 heterocycles. The molecule has 0 N–H and O–H groups in total. The average Bonchev–Trinajstić information content (AvgIpc) is 3.09. The number of furan rings is 1. The van der Waals surface area contributed by atoms with Crippen molar-refractivity contribution in [3.05, 3.63) is 59.5 Å². The standard InChI is InChI=1S/C17H18N2O3S/c18-12-14-5-3-6-15(11-14)13-23(20,21)19-9-2-1-7-16(19)17-8-4-10-22-17/h3-6,8,10-11,16H,1-2,7,9,13H2/t16-/m0/s1. The maximum Gasteiger partial charge on any atom is 0.218 e. The molecule has 0 saturated carbocycles. The molecular weight excluding hydrogens is 312 g/mol. The Morgan fingerprint density at radius 3 is 2.87 bits per heavy atom. The molecule has 3 rings (SSSR count). The van der Waals surface area contributed by atoms with Crippen molar-refractivity contribution < 1.29 is 12.8 Å². The van der Waals surface area contributed by atoms with Gasteiger partial charge in [-0.2, -0.15) is 9.57 Å². The van der Waals surface area contributed by atoms with Gasteiger partial charge in [-0.15, -0.1) is 0 Å². The Hall–Kier alpha value is -2.10. The second kappa shape index (κ2) is 6.57.